The molecule has 1 heterocycles. The molecule has 1 aliphatic rings. The van der Waals surface area contributed by atoms with Crippen molar-refractivity contribution < 1.29 is 4.79 Å². The van der Waals surface area contributed by atoms with Crippen LogP contribution in [-0.4, -0.2) is 28.7 Å². The standard InChI is InChI=1S/C13H15BrClNO/c1-9-2-3-11(15)8-12(9)13(17)16-6-4-10(14)5-7-16/h2-3,8,10H,4-7H2,1H3. The maximum atomic E-state index is 12.3. The van der Waals surface area contributed by atoms with Crippen molar-refractivity contribution in [2.45, 2.75) is 24.6 Å². The Bertz CT molecular complexity index is 427. The lowest BCUT2D eigenvalue weighted by Crippen LogP contribution is -2.38. The van der Waals surface area contributed by atoms with Gasteiger partial charge in [-0.2, -0.15) is 0 Å². The van der Waals surface area contributed by atoms with Crippen molar-refractivity contribution in [3.05, 3.63) is 34.3 Å². The number of amides is 1. The SMILES string of the molecule is Cc1ccc(Cl)cc1C(=O)N1CCC(Br)CC1. The predicted octanol–water partition coefficient (Wildman–Crippen LogP) is 3.65. The van der Waals surface area contributed by atoms with Crippen LogP contribution in [-0.2, 0) is 0 Å². The first-order valence-corrected chi connectivity index (χ1v) is 7.07. The monoisotopic (exact) mass is 315 g/mol. The van der Waals surface area contributed by atoms with Crippen molar-refractivity contribution >= 4 is 33.4 Å². The zero-order valence-corrected chi connectivity index (χ0v) is 12.1. The van der Waals surface area contributed by atoms with Crippen LogP contribution in [0.3, 0.4) is 0 Å². The number of aryl methyl sites for hydroxylation is 1. The van der Waals surface area contributed by atoms with Crippen LogP contribution in [0.5, 0.6) is 0 Å². The van der Waals surface area contributed by atoms with Crippen LogP contribution in [0.15, 0.2) is 18.2 Å². The van der Waals surface area contributed by atoms with E-state index in [4.69, 9.17) is 11.6 Å². The molecule has 1 saturated heterocycles. The third-order valence-corrected chi connectivity index (χ3v) is 4.29. The van der Waals surface area contributed by atoms with Crippen molar-refractivity contribution in [1.82, 2.24) is 4.90 Å². The predicted molar refractivity (Wildman–Crippen MR) is 74.0 cm³/mol. The number of likely N-dealkylation sites (tertiary alicyclic amines) is 1. The molecule has 0 aromatic heterocycles. The number of halogens is 2. The molecule has 0 N–H and O–H groups in total. The van der Waals surface area contributed by atoms with E-state index < -0.39 is 0 Å². The fraction of sp³-hybridized carbons (Fsp3) is 0.462. The van der Waals surface area contributed by atoms with Crippen molar-refractivity contribution in [1.29, 1.82) is 0 Å². The van der Waals surface area contributed by atoms with Gasteiger partial charge < -0.3 is 4.90 Å². The third kappa shape index (κ3) is 3.02. The second-order valence-corrected chi connectivity index (χ2v) is 6.16. The molecule has 2 nitrogen and oxygen atoms in total. The fourth-order valence-corrected chi connectivity index (χ4v) is 2.63. The summed E-state index contributed by atoms with van der Waals surface area (Å²) in [5.41, 5.74) is 1.71. The molecule has 0 spiro atoms. The Hall–Kier alpha value is -0.540. The molecular formula is C13H15BrClNO. The second-order valence-electron chi connectivity index (χ2n) is 4.43. The van der Waals surface area contributed by atoms with Crippen molar-refractivity contribution in [2.75, 3.05) is 13.1 Å². The van der Waals surface area contributed by atoms with Gasteiger partial charge in [-0.3, -0.25) is 4.79 Å². The first-order chi connectivity index (χ1) is 8.08. The lowest BCUT2D eigenvalue weighted by molar-refractivity contribution is 0.0727. The van der Waals surface area contributed by atoms with Gasteiger partial charge in [-0.15, -0.1) is 0 Å². The summed E-state index contributed by atoms with van der Waals surface area (Å²) in [5, 5.41) is 0.620. The molecule has 1 aromatic carbocycles. The molecule has 92 valence electrons. The van der Waals surface area contributed by atoms with E-state index in [-0.39, 0.29) is 5.91 Å². The Labute approximate surface area is 115 Å². The Morgan fingerprint density at radius 1 is 1.41 bits per heavy atom. The van der Waals surface area contributed by atoms with Gasteiger partial charge in [-0.1, -0.05) is 33.6 Å². The van der Waals surface area contributed by atoms with E-state index in [2.05, 4.69) is 15.9 Å². The van der Waals surface area contributed by atoms with Crippen LogP contribution in [0.25, 0.3) is 0 Å². The van der Waals surface area contributed by atoms with Gasteiger partial charge in [-0.05, 0) is 37.5 Å². The highest BCUT2D eigenvalue weighted by Crippen LogP contribution is 2.22. The van der Waals surface area contributed by atoms with Crippen LogP contribution in [0.4, 0.5) is 0 Å². The summed E-state index contributed by atoms with van der Waals surface area (Å²) < 4.78 is 0. The molecule has 1 aliphatic heterocycles. The summed E-state index contributed by atoms with van der Waals surface area (Å²) >= 11 is 9.53. The van der Waals surface area contributed by atoms with Crippen LogP contribution < -0.4 is 0 Å². The maximum absolute atomic E-state index is 12.3. The molecule has 0 atom stereocenters. The van der Waals surface area contributed by atoms with E-state index >= 15 is 0 Å². The largest absolute Gasteiger partial charge is 0.339 e. The molecule has 4 heteroatoms. The number of alkyl halides is 1. The van der Waals surface area contributed by atoms with E-state index in [0.717, 1.165) is 37.1 Å². The van der Waals surface area contributed by atoms with E-state index in [9.17, 15) is 4.79 Å². The number of hydrogen-bond donors (Lipinski definition) is 0. The average molecular weight is 317 g/mol. The number of piperidine rings is 1. The quantitative estimate of drug-likeness (QED) is 0.724. The average Bonchev–Trinajstić information content (AvgIpc) is 2.32. The normalized spacial score (nSPS) is 17.2. The Kier molecular flexibility index (Phi) is 4.10. The van der Waals surface area contributed by atoms with Gasteiger partial charge in [0, 0.05) is 28.5 Å². The van der Waals surface area contributed by atoms with Gasteiger partial charge in [-0.25, -0.2) is 0 Å². The minimum Gasteiger partial charge on any atom is -0.339 e. The minimum atomic E-state index is 0.101. The minimum absolute atomic E-state index is 0.101. The second kappa shape index (κ2) is 5.40. The van der Waals surface area contributed by atoms with Gasteiger partial charge in [0.2, 0.25) is 0 Å². The fourth-order valence-electron chi connectivity index (χ4n) is 2.05. The smallest absolute Gasteiger partial charge is 0.254 e. The summed E-state index contributed by atoms with van der Waals surface area (Å²) in [6.45, 7) is 3.59. The van der Waals surface area contributed by atoms with E-state index in [1.54, 1.807) is 6.07 Å². The molecule has 0 unspecified atom stereocenters. The highest BCUT2D eigenvalue weighted by atomic mass is 79.9. The number of hydrogen-bond acceptors (Lipinski definition) is 1. The van der Waals surface area contributed by atoms with Gasteiger partial charge in [0.1, 0.15) is 0 Å². The number of nitrogens with zero attached hydrogens (tertiary/aromatic N) is 1. The molecule has 0 saturated carbocycles. The number of benzene rings is 1. The molecule has 0 radical (unpaired) electrons. The van der Waals surface area contributed by atoms with E-state index in [0.29, 0.717) is 9.85 Å². The lowest BCUT2D eigenvalue weighted by atomic mass is 10.1. The van der Waals surface area contributed by atoms with Crippen LogP contribution in [0.1, 0.15) is 28.8 Å². The van der Waals surface area contributed by atoms with Crippen LogP contribution >= 0.6 is 27.5 Å². The van der Waals surface area contributed by atoms with Crippen molar-refractivity contribution in [2.24, 2.45) is 0 Å². The highest BCUT2D eigenvalue weighted by Gasteiger charge is 2.23. The zero-order chi connectivity index (χ0) is 12.4. The number of carbonyl (C=O) groups is 1. The van der Waals surface area contributed by atoms with Gasteiger partial charge in [0.15, 0.2) is 0 Å². The Balaban J connectivity index is 2.16. The van der Waals surface area contributed by atoms with E-state index in [1.807, 2.05) is 24.0 Å². The van der Waals surface area contributed by atoms with Crippen LogP contribution in [0, 0.1) is 6.92 Å². The first kappa shape index (κ1) is 12.9. The first-order valence-electron chi connectivity index (χ1n) is 5.77. The Morgan fingerprint density at radius 3 is 2.71 bits per heavy atom. The Morgan fingerprint density at radius 2 is 2.06 bits per heavy atom. The summed E-state index contributed by atoms with van der Waals surface area (Å²) in [6.07, 6.45) is 2.04. The van der Waals surface area contributed by atoms with E-state index in [1.165, 1.54) is 0 Å². The summed E-state index contributed by atoms with van der Waals surface area (Å²) in [5.74, 6) is 0.101. The lowest BCUT2D eigenvalue weighted by Gasteiger charge is -2.30. The zero-order valence-electron chi connectivity index (χ0n) is 9.75. The molecule has 2 rings (SSSR count). The number of carbonyl (C=O) groups excluding carboxylic acids is 1. The molecule has 1 amide bonds. The van der Waals surface area contributed by atoms with Crippen molar-refractivity contribution in [3.8, 4) is 0 Å². The third-order valence-electron chi connectivity index (χ3n) is 3.14. The van der Waals surface area contributed by atoms with Gasteiger partial charge in [0.25, 0.3) is 5.91 Å². The summed E-state index contributed by atoms with van der Waals surface area (Å²) in [7, 11) is 0. The van der Waals surface area contributed by atoms with Gasteiger partial charge in [0.05, 0.1) is 0 Å². The molecule has 0 bridgehead atoms. The summed E-state index contributed by atoms with van der Waals surface area (Å²) in [6, 6.07) is 5.48. The molecule has 0 aliphatic carbocycles. The molecule has 1 aromatic rings. The maximum Gasteiger partial charge on any atom is 0.254 e. The highest BCUT2D eigenvalue weighted by molar-refractivity contribution is 9.09. The number of rotatable bonds is 1. The molecule has 1 fully saturated rings. The van der Waals surface area contributed by atoms with Crippen LogP contribution in [0.2, 0.25) is 5.02 Å². The topological polar surface area (TPSA) is 20.3 Å². The summed E-state index contributed by atoms with van der Waals surface area (Å²) in [4.78, 5) is 14.8. The van der Waals surface area contributed by atoms with Gasteiger partial charge >= 0.3 is 0 Å². The molecular weight excluding hydrogens is 302 g/mol. The molecule has 17 heavy (non-hydrogen) atoms. The van der Waals surface area contributed by atoms with Crippen molar-refractivity contribution in [3.63, 3.8) is 0 Å².